The van der Waals surface area contributed by atoms with Crippen molar-refractivity contribution in [3.8, 4) is 5.75 Å². The second-order valence-electron chi connectivity index (χ2n) is 5.67. The molecular weight excluding hydrogens is 304 g/mol. The first-order valence-corrected chi connectivity index (χ1v) is 9.12. The van der Waals surface area contributed by atoms with Crippen molar-refractivity contribution in [1.82, 2.24) is 10.6 Å². The van der Waals surface area contributed by atoms with Crippen LogP contribution in [-0.4, -0.2) is 45.1 Å². The van der Waals surface area contributed by atoms with Crippen molar-refractivity contribution >= 4 is 15.9 Å². The van der Waals surface area contributed by atoms with E-state index < -0.39 is 9.84 Å². The Morgan fingerprint density at radius 2 is 1.95 bits per heavy atom. The molecule has 2 N–H and O–H groups in total. The number of ether oxygens (including phenoxy) is 1. The number of carbonyl (C=O) groups excluding carboxylic acids is 1. The molecule has 0 saturated carbocycles. The van der Waals surface area contributed by atoms with E-state index in [0.717, 1.165) is 16.9 Å². The molecule has 1 aromatic rings. The number of hydrogen-bond acceptors (Lipinski definition) is 4. The van der Waals surface area contributed by atoms with E-state index in [2.05, 4.69) is 16.7 Å². The Bertz CT molecular complexity index is 623. The van der Waals surface area contributed by atoms with Crippen LogP contribution in [-0.2, 0) is 9.84 Å². The van der Waals surface area contributed by atoms with E-state index in [1.165, 1.54) is 0 Å². The number of benzene rings is 1. The van der Waals surface area contributed by atoms with Gasteiger partial charge in [-0.25, -0.2) is 13.2 Å². The Morgan fingerprint density at radius 1 is 1.27 bits per heavy atom. The normalized spacial score (nSPS) is 19.6. The van der Waals surface area contributed by atoms with Crippen LogP contribution in [0.1, 0.15) is 17.5 Å². The number of rotatable bonds is 5. The van der Waals surface area contributed by atoms with Crippen LogP contribution in [0.5, 0.6) is 5.75 Å². The monoisotopic (exact) mass is 326 g/mol. The number of nitrogens with one attached hydrogen (secondary N) is 2. The molecule has 1 aliphatic heterocycles. The molecule has 1 saturated heterocycles. The number of aryl methyl sites for hydroxylation is 2. The molecule has 22 heavy (non-hydrogen) atoms. The van der Waals surface area contributed by atoms with E-state index in [9.17, 15) is 13.2 Å². The molecular formula is C15H22N2O4S. The zero-order valence-electron chi connectivity index (χ0n) is 12.9. The van der Waals surface area contributed by atoms with Crippen LogP contribution in [0.3, 0.4) is 0 Å². The third kappa shape index (κ3) is 5.22. The Morgan fingerprint density at radius 3 is 2.55 bits per heavy atom. The van der Waals surface area contributed by atoms with Gasteiger partial charge in [0.15, 0.2) is 9.84 Å². The molecule has 1 heterocycles. The highest BCUT2D eigenvalue weighted by molar-refractivity contribution is 7.91. The molecule has 1 unspecified atom stereocenters. The van der Waals surface area contributed by atoms with Crippen LogP contribution in [0.2, 0.25) is 0 Å². The molecule has 1 atom stereocenters. The minimum Gasteiger partial charge on any atom is -0.492 e. The molecule has 122 valence electrons. The molecule has 0 spiro atoms. The molecule has 0 aliphatic carbocycles. The summed E-state index contributed by atoms with van der Waals surface area (Å²) in [6.07, 6.45) is 0.481. The van der Waals surface area contributed by atoms with Gasteiger partial charge in [0.25, 0.3) is 0 Å². The predicted octanol–water partition coefficient (Wildman–Crippen LogP) is 1.17. The lowest BCUT2D eigenvalue weighted by Crippen LogP contribution is -2.43. The second-order valence-corrected chi connectivity index (χ2v) is 7.90. The molecule has 7 heteroatoms. The van der Waals surface area contributed by atoms with Crippen LogP contribution in [0.4, 0.5) is 4.79 Å². The van der Waals surface area contributed by atoms with Crippen molar-refractivity contribution in [2.75, 3.05) is 24.7 Å². The Kier molecular flexibility index (Phi) is 5.28. The molecule has 2 rings (SSSR count). The Hall–Kier alpha value is -1.76. The van der Waals surface area contributed by atoms with Gasteiger partial charge in [-0.3, -0.25) is 0 Å². The summed E-state index contributed by atoms with van der Waals surface area (Å²) in [6, 6.07) is 5.30. The highest BCUT2D eigenvalue weighted by Crippen LogP contribution is 2.15. The first-order valence-electron chi connectivity index (χ1n) is 7.30. The lowest BCUT2D eigenvalue weighted by atomic mass is 10.1. The lowest BCUT2D eigenvalue weighted by Gasteiger charge is -2.13. The van der Waals surface area contributed by atoms with Crippen molar-refractivity contribution in [3.05, 3.63) is 29.3 Å². The maximum atomic E-state index is 11.7. The lowest BCUT2D eigenvalue weighted by molar-refractivity contribution is 0.233. The van der Waals surface area contributed by atoms with Crippen molar-refractivity contribution in [2.24, 2.45) is 0 Å². The van der Waals surface area contributed by atoms with Crippen LogP contribution in [0, 0.1) is 13.8 Å². The number of urea groups is 1. The average Bonchev–Trinajstić information content (AvgIpc) is 2.73. The van der Waals surface area contributed by atoms with Gasteiger partial charge in [0.1, 0.15) is 12.4 Å². The first-order chi connectivity index (χ1) is 10.3. The second kappa shape index (κ2) is 7.00. The minimum absolute atomic E-state index is 0.0273. The Labute approximate surface area is 131 Å². The van der Waals surface area contributed by atoms with Crippen LogP contribution in [0.15, 0.2) is 18.2 Å². The number of amides is 2. The maximum absolute atomic E-state index is 11.7. The highest BCUT2D eigenvalue weighted by Gasteiger charge is 2.28. The fraction of sp³-hybridized carbons (Fsp3) is 0.533. The predicted molar refractivity (Wildman–Crippen MR) is 85.0 cm³/mol. The summed E-state index contributed by atoms with van der Waals surface area (Å²) in [5.41, 5.74) is 2.26. The number of carbonyl (C=O) groups is 1. The quantitative estimate of drug-likeness (QED) is 0.796. The highest BCUT2D eigenvalue weighted by atomic mass is 32.2. The van der Waals surface area contributed by atoms with Gasteiger partial charge in [0, 0.05) is 6.04 Å². The molecule has 6 nitrogen and oxygen atoms in total. The summed E-state index contributed by atoms with van der Waals surface area (Å²) in [7, 11) is -2.98. The van der Waals surface area contributed by atoms with Gasteiger partial charge < -0.3 is 15.4 Å². The molecule has 2 amide bonds. The topological polar surface area (TPSA) is 84.5 Å². The molecule has 1 aliphatic rings. The smallest absolute Gasteiger partial charge is 0.315 e. The van der Waals surface area contributed by atoms with Gasteiger partial charge in [-0.2, -0.15) is 0 Å². The van der Waals surface area contributed by atoms with Gasteiger partial charge in [-0.05, 0) is 43.5 Å². The third-order valence-electron chi connectivity index (χ3n) is 3.42. The zero-order chi connectivity index (χ0) is 16.2. The Balaban J connectivity index is 1.67. The van der Waals surface area contributed by atoms with E-state index in [4.69, 9.17) is 4.74 Å². The van der Waals surface area contributed by atoms with Gasteiger partial charge >= 0.3 is 6.03 Å². The summed E-state index contributed by atoms with van der Waals surface area (Å²) in [4.78, 5) is 11.7. The van der Waals surface area contributed by atoms with Crippen LogP contribution in [0.25, 0.3) is 0 Å². The number of sulfone groups is 1. The van der Waals surface area contributed by atoms with Crippen molar-refractivity contribution < 1.29 is 17.9 Å². The molecule has 0 radical (unpaired) electrons. The van der Waals surface area contributed by atoms with E-state index in [1.54, 1.807) is 0 Å². The van der Waals surface area contributed by atoms with Crippen molar-refractivity contribution in [2.45, 2.75) is 26.3 Å². The van der Waals surface area contributed by atoms with Crippen LogP contribution < -0.4 is 15.4 Å². The number of hydrogen-bond donors (Lipinski definition) is 2. The zero-order valence-corrected chi connectivity index (χ0v) is 13.7. The fourth-order valence-electron chi connectivity index (χ4n) is 2.49. The molecule has 0 aromatic heterocycles. The fourth-order valence-corrected chi connectivity index (χ4v) is 4.17. The SMILES string of the molecule is Cc1cc(C)cc(OCCNC(=O)NC2CCS(=O)(=O)C2)c1. The maximum Gasteiger partial charge on any atom is 0.315 e. The summed E-state index contributed by atoms with van der Waals surface area (Å²) < 4.78 is 28.2. The average molecular weight is 326 g/mol. The minimum atomic E-state index is -2.98. The summed E-state index contributed by atoms with van der Waals surface area (Å²) in [5.74, 6) is 0.953. The summed E-state index contributed by atoms with van der Waals surface area (Å²) >= 11 is 0. The van der Waals surface area contributed by atoms with E-state index >= 15 is 0 Å². The molecule has 1 fully saturated rings. The summed E-state index contributed by atoms with van der Waals surface area (Å²) in [6.45, 7) is 4.72. The van der Waals surface area contributed by atoms with Gasteiger partial charge in [-0.15, -0.1) is 0 Å². The summed E-state index contributed by atoms with van der Waals surface area (Å²) in [5, 5.41) is 5.33. The van der Waals surface area contributed by atoms with Gasteiger partial charge in [-0.1, -0.05) is 6.07 Å². The van der Waals surface area contributed by atoms with Crippen LogP contribution >= 0.6 is 0 Å². The van der Waals surface area contributed by atoms with E-state index in [1.807, 2.05) is 26.0 Å². The van der Waals surface area contributed by atoms with Crippen molar-refractivity contribution in [1.29, 1.82) is 0 Å². The van der Waals surface area contributed by atoms with Gasteiger partial charge in [0.05, 0.1) is 18.1 Å². The third-order valence-corrected chi connectivity index (χ3v) is 5.19. The van der Waals surface area contributed by atoms with Crippen molar-refractivity contribution in [3.63, 3.8) is 0 Å². The van der Waals surface area contributed by atoms with Gasteiger partial charge in [0.2, 0.25) is 0 Å². The first kappa shape index (κ1) is 16.6. The standard InChI is InChI=1S/C15H22N2O4S/c1-11-7-12(2)9-14(8-11)21-5-4-16-15(18)17-13-3-6-22(19,20)10-13/h7-9,13H,3-6,10H2,1-2H3,(H2,16,17,18). The van der Waals surface area contributed by atoms with E-state index in [-0.39, 0.29) is 23.6 Å². The molecule has 0 bridgehead atoms. The molecule has 1 aromatic carbocycles. The largest absolute Gasteiger partial charge is 0.492 e. The van der Waals surface area contributed by atoms with E-state index in [0.29, 0.717) is 19.6 Å².